The molecule has 3 rings (SSSR count). The van der Waals surface area contributed by atoms with E-state index in [2.05, 4.69) is 48.8 Å². The number of carbonyl (C=O) groups excluding carboxylic acids is 1. The first-order valence-corrected chi connectivity index (χ1v) is 10.3. The lowest BCUT2D eigenvalue weighted by atomic mass is 10.1. The summed E-state index contributed by atoms with van der Waals surface area (Å²) in [7, 11) is 0. The van der Waals surface area contributed by atoms with E-state index in [9.17, 15) is 14.7 Å². The van der Waals surface area contributed by atoms with E-state index in [1.165, 1.54) is 0 Å². The van der Waals surface area contributed by atoms with Crippen molar-refractivity contribution in [1.82, 2.24) is 10.3 Å². The maximum absolute atomic E-state index is 12.2. The van der Waals surface area contributed by atoms with E-state index >= 15 is 0 Å². The van der Waals surface area contributed by atoms with Gasteiger partial charge < -0.3 is 15.5 Å². The van der Waals surface area contributed by atoms with Crippen LogP contribution < -0.4 is 5.32 Å². The summed E-state index contributed by atoms with van der Waals surface area (Å²) in [6.45, 7) is -0.556. The number of hydrogen-bond donors (Lipinski definition) is 3. The molecule has 27 heavy (non-hydrogen) atoms. The molecule has 0 bridgehead atoms. The summed E-state index contributed by atoms with van der Waals surface area (Å²) in [6, 6.07) is 13.7. The number of halogens is 2. The zero-order valence-electron chi connectivity index (χ0n) is 13.6. The number of amides is 1. The lowest BCUT2D eigenvalue weighted by Crippen LogP contribution is -2.30. The van der Waals surface area contributed by atoms with Crippen LogP contribution in [0.4, 0.5) is 0 Å². The molecule has 3 N–H and O–H groups in total. The van der Waals surface area contributed by atoms with Crippen molar-refractivity contribution < 1.29 is 19.8 Å². The van der Waals surface area contributed by atoms with Crippen LogP contribution >= 0.6 is 50.3 Å². The lowest BCUT2D eigenvalue weighted by Gasteiger charge is -2.12. The molecule has 0 aliphatic carbocycles. The second-order valence-corrected chi connectivity index (χ2v) is 8.48. The van der Waals surface area contributed by atoms with E-state index in [0.29, 0.717) is 15.4 Å². The van der Waals surface area contributed by atoms with E-state index in [1.54, 1.807) is 11.8 Å². The van der Waals surface area contributed by atoms with Crippen LogP contribution in [-0.2, 0) is 4.79 Å². The van der Waals surface area contributed by atoms with Crippen molar-refractivity contribution in [3.8, 4) is 5.75 Å². The highest BCUT2D eigenvalue weighted by Gasteiger charge is 2.21. The van der Waals surface area contributed by atoms with E-state index in [4.69, 9.17) is 5.11 Å². The fourth-order valence-electron chi connectivity index (χ4n) is 2.40. The number of nitrogens with zero attached hydrogens (tertiary/aromatic N) is 1. The highest BCUT2D eigenvalue weighted by atomic mass is 127. The van der Waals surface area contributed by atoms with E-state index in [1.807, 2.05) is 42.5 Å². The van der Waals surface area contributed by atoms with Gasteiger partial charge in [0.25, 0.3) is 5.91 Å². The summed E-state index contributed by atoms with van der Waals surface area (Å²) in [4.78, 5) is 28.9. The second kappa shape index (κ2) is 8.44. The monoisotopic (exact) mass is 558 g/mol. The molecule has 1 aromatic heterocycles. The van der Waals surface area contributed by atoms with Crippen molar-refractivity contribution in [1.29, 1.82) is 0 Å². The highest BCUT2D eigenvalue weighted by molar-refractivity contribution is 14.1. The zero-order valence-corrected chi connectivity index (χ0v) is 18.1. The Morgan fingerprint density at radius 3 is 2.56 bits per heavy atom. The Bertz CT molecular complexity index is 1050. The molecule has 0 unspecified atom stereocenters. The summed E-state index contributed by atoms with van der Waals surface area (Å²) in [5, 5.41) is 22.6. The van der Waals surface area contributed by atoms with Crippen LogP contribution in [0.2, 0.25) is 0 Å². The molecule has 6 nitrogen and oxygen atoms in total. The number of aromatic hydroxyl groups is 1. The van der Waals surface area contributed by atoms with Gasteiger partial charge in [-0.3, -0.25) is 9.59 Å². The molecule has 0 saturated carbocycles. The fourth-order valence-corrected chi connectivity index (χ4v) is 4.90. The first-order valence-electron chi connectivity index (χ1n) is 7.61. The Hall–Kier alpha value is -1.85. The maximum atomic E-state index is 12.2. The quantitative estimate of drug-likeness (QED) is 0.319. The Labute approximate surface area is 180 Å². The Balaban J connectivity index is 2.04. The highest BCUT2D eigenvalue weighted by Crippen LogP contribution is 2.39. The van der Waals surface area contributed by atoms with Gasteiger partial charge in [-0.05, 0) is 62.8 Å². The molecular weight excluding hydrogens is 547 g/mol. The van der Waals surface area contributed by atoms with Crippen molar-refractivity contribution >= 4 is 72.9 Å². The van der Waals surface area contributed by atoms with Gasteiger partial charge in [0.1, 0.15) is 11.1 Å². The molecule has 0 radical (unpaired) electrons. The number of rotatable bonds is 5. The number of aliphatic carboxylic acids is 1. The first kappa shape index (κ1) is 19.9. The third-order valence-electron chi connectivity index (χ3n) is 3.55. The molecule has 0 aliphatic rings. The molecule has 0 fully saturated rings. The van der Waals surface area contributed by atoms with Crippen LogP contribution in [0.25, 0.3) is 10.8 Å². The molecule has 138 valence electrons. The number of benzene rings is 2. The molecule has 0 saturated heterocycles. The van der Waals surface area contributed by atoms with Crippen molar-refractivity contribution in [3.63, 3.8) is 0 Å². The van der Waals surface area contributed by atoms with E-state index in [0.717, 1.165) is 13.4 Å². The van der Waals surface area contributed by atoms with Gasteiger partial charge in [0.2, 0.25) is 0 Å². The van der Waals surface area contributed by atoms with Gasteiger partial charge >= 0.3 is 5.97 Å². The van der Waals surface area contributed by atoms with Crippen molar-refractivity contribution in [2.75, 3.05) is 6.54 Å². The van der Waals surface area contributed by atoms with Gasteiger partial charge in [-0.15, -0.1) is 0 Å². The van der Waals surface area contributed by atoms with E-state index in [-0.39, 0.29) is 11.4 Å². The number of carboxylic acid groups (broad SMARTS) is 1. The first-order chi connectivity index (χ1) is 12.9. The number of hydrogen-bond acceptors (Lipinski definition) is 5. The summed E-state index contributed by atoms with van der Waals surface area (Å²) < 4.78 is 1.14. The number of nitrogens with one attached hydrogen (secondary N) is 1. The topological polar surface area (TPSA) is 99.5 Å². The number of carbonyl (C=O) groups is 2. The number of carboxylic acids is 1. The van der Waals surface area contributed by atoms with Gasteiger partial charge in [0.15, 0.2) is 11.4 Å². The molecule has 0 aliphatic heterocycles. The molecule has 1 amide bonds. The molecule has 3 aromatic rings. The molecule has 1 heterocycles. The summed E-state index contributed by atoms with van der Waals surface area (Å²) in [6.07, 6.45) is 0. The van der Waals surface area contributed by atoms with Crippen LogP contribution in [0.15, 0.2) is 56.9 Å². The van der Waals surface area contributed by atoms with Crippen LogP contribution in [0.5, 0.6) is 5.75 Å². The average Bonchev–Trinajstić information content (AvgIpc) is 2.63. The molecule has 0 spiro atoms. The Kier molecular flexibility index (Phi) is 6.22. The predicted octanol–water partition coefficient (Wildman–Crippen LogP) is 4.27. The van der Waals surface area contributed by atoms with Gasteiger partial charge in [-0.25, -0.2) is 4.98 Å². The van der Waals surface area contributed by atoms with Gasteiger partial charge in [-0.1, -0.05) is 30.0 Å². The predicted molar refractivity (Wildman–Crippen MR) is 114 cm³/mol. The molecular formula is C18H12BrIN2O4S. The zero-order chi connectivity index (χ0) is 19.6. The minimum Gasteiger partial charge on any atom is -0.505 e. The number of aromatic nitrogens is 1. The molecule has 0 atom stereocenters. The third-order valence-corrected chi connectivity index (χ3v) is 5.99. The van der Waals surface area contributed by atoms with Crippen LogP contribution in [0.3, 0.4) is 0 Å². The Morgan fingerprint density at radius 2 is 1.89 bits per heavy atom. The minimum absolute atomic E-state index is 0.225. The number of pyridine rings is 1. The summed E-state index contributed by atoms with van der Waals surface area (Å²) in [5.41, 5.74) is -0.225. The minimum atomic E-state index is -1.18. The lowest BCUT2D eigenvalue weighted by molar-refractivity contribution is -0.135. The van der Waals surface area contributed by atoms with Crippen LogP contribution in [-0.4, -0.2) is 33.6 Å². The summed E-state index contributed by atoms with van der Waals surface area (Å²) >= 11 is 7.02. The second-order valence-electron chi connectivity index (χ2n) is 5.42. The SMILES string of the molecule is O=C(O)CNC(=O)c1nc(Br)c2cc(Sc3ccccc3)cc(I)c2c1O. The van der Waals surface area contributed by atoms with Crippen molar-refractivity contribution in [3.05, 3.63) is 56.3 Å². The summed E-state index contributed by atoms with van der Waals surface area (Å²) in [5.74, 6) is -2.22. The van der Waals surface area contributed by atoms with Crippen molar-refractivity contribution in [2.24, 2.45) is 0 Å². The van der Waals surface area contributed by atoms with E-state index < -0.39 is 18.4 Å². The van der Waals surface area contributed by atoms with Gasteiger partial charge in [0, 0.05) is 24.1 Å². The van der Waals surface area contributed by atoms with Crippen molar-refractivity contribution in [2.45, 2.75) is 9.79 Å². The standard InChI is InChI=1S/C18H12BrIN2O4S/c19-17-11-6-10(27-9-4-2-1-3-5-9)7-12(20)14(11)16(25)15(22-17)18(26)21-8-13(23)24/h1-7,25H,8H2,(H,21,26)(H,23,24). The molecule has 9 heteroatoms. The van der Waals surface area contributed by atoms with Gasteiger partial charge in [0.05, 0.1) is 0 Å². The Morgan fingerprint density at radius 1 is 1.19 bits per heavy atom. The van der Waals surface area contributed by atoms with Crippen LogP contribution in [0.1, 0.15) is 10.5 Å². The van der Waals surface area contributed by atoms with Crippen LogP contribution in [0, 0.1) is 3.57 Å². The smallest absolute Gasteiger partial charge is 0.322 e. The number of fused-ring (bicyclic) bond motifs is 1. The normalized spacial score (nSPS) is 10.7. The third kappa shape index (κ3) is 4.53. The molecule has 2 aromatic carbocycles. The average molecular weight is 559 g/mol. The largest absolute Gasteiger partial charge is 0.505 e. The fraction of sp³-hybridized carbons (Fsp3) is 0.0556. The maximum Gasteiger partial charge on any atom is 0.322 e. The van der Waals surface area contributed by atoms with Gasteiger partial charge in [-0.2, -0.15) is 0 Å².